The van der Waals surface area contributed by atoms with Crippen LogP contribution >= 0.6 is 24.0 Å². The fraction of sp³-hybridized carbons (Fsp3) is 0.391. The van der Waals surface area contributed by atoms with Gasteiger partial charge in [0.2, 0.25) is 5.91 Å². The maximum absolute atomic E-state index is 12.0. The molecule has 2 aromatic rings. The Labute approximate surface area is 195 Å². The van der Waals surface area contributed by atoms with E-state index in [0.717, 1.165) is 35.1 Å². The molecule has 0 radical (unpaired) electrons. The topological polar surface area (TPSA) is 74.8 Å². The van der Waals surface area contributed by atoms with Gasteiger partial charge in [-0.05, 0) is 50.1 Å². The zero-order valence-electron chi connectivity index (χ0n) is 17.8. The Bertz CT molecular complexity index is 853. The number of anilines is 1. The SMILES string of the molecule is CCNC(=NCc1ccc(OC(C)C)cc1)NCC1CC(=O)Nc2ccccc21.I. The molecular formula is C23H31IN4O2. The van der Waals surface area contributed by atoms with E-state index in [4.69, 9.17) is 4.74 Å². The van der Waals surface area contributed by atoms with Crippen molar-refractivity contribution in [2.45, 2.75) is 45.8 Å². The average molecular weight is 522 g/mol. The first-order valence-electron chi connectivity index (χ1n) is 10.2. The maximum atomic E-state index is 12.0. The molecule has 3 rings (SSSR count). The van der Waals surface area contributed by atoms with Crippen LogP contribution in [0.4, 0.5) is 5.69 Å². The second kappa shape index (κ2) is 11.8. The van der Waals surface area contributed by atoms with Crippen molar-refractivity contribution >= 4 is 41.5 Å². The molecule has 0 aliphatic carbocycles. The summed E-state index contributed by atoms with van der Waals surface area (Å²) >= 11 is 0. The van der Waals surface area contributed by atoms with Crippen molar-refractivity contribution in [3.63, 3.8) is 0 Å². The van der Waals surface area contributed by atoms with Crippen LogP contribution < -0.4 is 20.7 Å². The van der Waals surface area contributed by atoms with Crippen LogP contribution in [0.1, 0.15) is 44.2 Å². The maximum Gasteiger partial charge on any atom is 0.225 e. The van der Waals surface area contributed by atoms with Crippen molar-refractivity contribution in [3.8, 4) is 5.75 Å². The number of guanidine groups is 1. The lowest BCUT2D eigenvalue weighted by atomic mass is 9.90. The van der Waals surface area contributed by atoms with Gasteiger partial charge in [0.25, 0.3) is 0 Å². The molecule has 3 N–H and O–H groups in total. The number of hydrogen-bond donors (Lipinski definition) is 3. The molecule has 1 heterocycles. The Balaban J connectivity index is 0.00000320. The first-order valence-corrected chi connectivity index (χ1v) is 10.2. The molecule has 1 aliphatic heterocycles. The van der Waals surface area contributed by atoms with Crippen molar-refractivity contribution in [3.05, 3.63) is 59.7 Å². The van der Waals surface area contributed by atoms with Crippen LogP contribution in [0, 0.1) is 0 Å². The molecule has 30 heavy (non-hydrogen) atoms. The molecule has 1 atom stereocenters. The summed E-state index contributed by atoms with van der Waals surface area (Å²) in [5.74, 6) is 1.79. The molecule has 6 nitrogen and oxygen atoms in total. The molecule has 0 saturated heterocycles. The summed E-state index contributed by atoms with van der Waals surface area (Å²) in [6, 6.07) is 16.0. The number of carbonyl (C=O) groups excluding carboxylic acids is 1. The highest BCUT2D eigenvalue weighted by Gasteiger charge is 2.24. The van der Waals surface area contributed by atoms with Crippen LogP contribution in [0.15, 0.2) is 53.5 Å². The lowest BCUT2D eigenvalue weighted by molar-refractivity contribution is -0.116. The first kappa shape index (κ1) is 24.0. The fourth-order valence-corrected chi connectivity index (χ4v) is 3.36. The van der Waals surface area contributed by atoms with Gasteiger partial charge in [-0.25, -0.2) is 4.99 Å². The molecule has 7 heteroatoms. The average Bonchev–Trinajstić information content (AvgIpc) is 2.70. The fourth-order valence-electron chi connectivity index (χ4n) is 3.36. The minimum absolute atomic E-state index is 0. The molecule has 1 unspecified atom stereocenters. The number of nitrogens with zero attached hydrogens (tertiary/aromatic N) is 1. The van der Waals surface area contributed by atoms with Crippen LogP contribution in [0.2, 0.25) is 0 Å². The summed E-state index contributed by atoms with van der Waals surface area (Å²) in [4.78, 5) is 16.7. The van der Waals surface area contributed by atoms with Gasteiger partial charge in [-0.3, -0.25) is 4.79 Å². The number of ether oxygens (including phenoxy) is 1. The summed E-state index contributed by atoms with van der Waals surface area (Å²) in [6.07, 6.45) is 0.635. The molecule has 0 spiro atoms. The largest absolute Gasteiger partial charge is 0.491 e. The number of nitrogens with one attached hydrogen (secondary N) is 3. The van der Waals surface area contributed by atoms with Gasteiger partial charge < -0.3 is 20.7 Å². The lowest BCUT2D eigenvalue weighted by Gasteiger charge is -2.26. The lowest BCUT2D eigenvalue weighted by Crippen LogP contribution is -2.40. The van der Waals surface area contributed by atoms with Crippen molar-refractivity contribution in [2.24, 2.45) is 4.99 Å². The second-order valence-electron chi connectivity index (χ2n) is 7.42. The van der Waals surface area contributed by atoms with Crippen molar-refractivity contribution < 1.29 is 9.53 Å². The van der Waals surface area contributed by atoms with Gasteiger partial charge in [0, 0.05) is 31.1 Å². The molecular weight excluding hydrogens is 491 g/mol. The third-order valence-corrected chi connectivity index (χ3v) is 4.68. The van der Waals surface area contributed by atoms with E-state index < -0.39 is 0 Å². The smallest absolute Gasteiger partial charge is 0.225 e. The number of fused-ring (bicyclic) bond motifs is 1. The molecule has 2 aromatic carbocycles. The minimum atomic E-state index is 0. The van der Waals surface area contributed by atoms with E-state index in [1.807, 2.05) is 63.2 Å². The third-order valence-electron chi connectivity index (χ3n) is 4.68. The Hall–Kier alpha value is -2.29. The Kier molecular flexibility index (Phi) is 9.42. The summed E-state index contributed by atoms with van der Waals surface area (Å²) in [7, 11) is 0. The Morgan fingerprint density at radius 2 is 1.90 bits per heavy atom. The van der Waals surface area contributed by atoms with Crippen LogP contribution in [-0.2, 0) is 11.3 Å². The van der Waals surface area contributed by atoms with E-state index in [1.165, 1.54) is 0 Å². The predicted octanol–water partition coefficient (Wildman–Crippen LogP) is 4.27. The zero-order valence-corrected chi connectivity index (χ0v) is 20.1. The van der Waals surface area contributed by atoms with E-state index in [-0.39, 0.29) is 41.9 Å². The van der Waals surface area contributed by atoms with Crippen molar-refractivity contribution in [1.82, 2.24) is 10.6 Å². The summed E-state index contributed by atoms with van der Waals surface area (Å²) < 4.78 is 5.68. The number of carbonyl (C=O) groups is 1. The van der Waals surface area contributed by atoms with Gasteiger partial charge in [0.15, 0.2) is 5.96 Å². The molecule has 0 bridgehead atoms. The second-order valence-corrected chi connectivity index (χ2v) is 7.42. The first-order chi connectivity index (χ1) is 14.0. The zero-order chi connectivity index (χ0) is 20.6. The Morgan fingerprint density at radius 3 is 2.60 bits per heavy atom. The third kappa shape index (κ3) is 6.90. The van der Waals surface area contributed by atoms with Crippen molar-refractivity contribution in [1.29, 1.82) is 0 Å². The summed E-state index contributed by atoms with van der Waals surface area (Å²) in [5.41, 5.74) is 3.18. The van der Waals surface area contributed by atoms with Gasteiger partial charge in [0.1, 0.15) is 5.75 Å². The highest BCUT2D eigenvalue weighted by molar-refractivity contribution is 14.0. The van der Waals surface area contributed by atoms with Gasteiger partial charge in [-0.15, -0.1) is 24.0 Å². The molecule has 1 amide bonds. The quantitative estimate of drug-likeness (QED) is 0.289. The summed E-state index contributed by atoms with van der Waals surface area (Å²) in [6.45, 7) is 8.06. The van der Waals surface area contributed by atoms with Gasteiger partial charge >= 0.3 is 0 Å². The number of aliphatic imine (C=N–C) groups is 1. The molecule has 162 valence electrons. The van der Waals surface area contributed by atoms with Crippen LogP contribution in [0.5, 0.6) is 5.75 Å². The number of rotatable bonds is 7. The van der Waals surface area contributed by atoms with E-state index >= 15 is 0 Å². The highest BCUT2D eigenvalue weighted by Crippen LogP contribution is 2.31. The van der Waals surface area contributed by atoms with Gasteiger partial charge in [-0.1, -0.05) is 30.3 Å². The predicted molar refractivity (Wildman–Crippen MR) is 133 cm³/mol. The molecule has 0 aromatic heterocycles. The van der Waals surface area contributed by atoms with Crippen LogP contribution in [0.3, 0.4) is 0 Å². The standard InChI is InChI=1S/C23H30N4O2.HI/c1-4-24-23(25-14-17-9-11-19(12-10-17)29-16(2)3)26-15-18-13-22(28)27-21-8-6-5-7-20(18)21;/h5-12,16,18H,4,13-15H2,1-3H3,(H,27,28)(H2,24,25,26);1H. The summed E-state index contributed by atoms with van der Waals surface area (Å²) in [5, 5.41) is 9.62. The minimum Gasteiger partial charge on any atom is -0.491 e. The normalized spacial score (nSPS) is 15.7. The monoisotopic (exact) mass is 522 g/mol. The van der Waals surface area contributed by atoms with E-state index in [1.54, 1.807) is 0 Å². The Morgan fingerprint density at radius 1 is 1.17 bits per heavy atom. The number of amides is 1. The van der Waals surface area contributed by atoms with Crippen LogP contribution in [0.25, 0.3) is 0 Å². The van der Waals surface area contributed by atoms with Gasteiger partial charge in [0.05, 0.1) is 12.6 Å². The van der Waals surface area contributed by atoms with Crippen molar-refractivity contribution in [2.75, 3.05) is 18.4 Å². The number of hydrogen-bond acceptors (Lipinski definition) is 3. The van der Waals surface area contributed by atoms with Crippen LogP contribution in [-0.4, -0.2) is 31.1 Å². The van der Waals surface area contributed by atoms with E-state index in [9.17, 15) is 4.79 Å². The van der Waals surface area contributed by atoms with E-state index in [0.29, 0.717) is 19.5 Å². The number of benzene rings is 2. The number of para-hydroxylation sites is 1. The molecule has 0 saturated carbocycles. The number of halogens is 1. The van der Waals surface area contributed by atoms with Gasteiger partial charge in [-0.2, -0.15) is 0 Å². The molecule has 0 fully saturated rings. The highest BCUT2D eigenvalue weighted by atomic mass is 127. The van der Waals surface area contributed by atoms with E-state index in [2.05, 4.69) is 27.0 Å². The molecule has 1 aliphatic rings.